The number of fused-ring (bicyclic) bond motifs is 2. The molecule has 0 bridgehead atoms. The highest BCUT2D eigenvalue weighted by Crippen LogP contribution is 2.43. The number of carbonyl (C=O) groups excluding carboxylic acids is 1. The molecule has 5 rings (SSSR count). The zero-order valence-electron chi connectivity index (χ0n) is 18.6. The van der Waals surface area contributed by atoms with Crippen LogP contribution >= 0.6 is 23.2 Å². The monoisotopic (exact) mass is 494 g/mol. The molecule has 0 saturated heterocycles. The molecular formula is C28H24Cl2O4. The average molecular weight is 495 g/mol. The minimum absolute atomic E-state index is 0.0858. The first kappa shape index (κ1) is 22.9. The van der Waals surface area contributed by atoms with Gasteiger partial charge in [0.05, 0.1) is 10.0 Å². The Bertz CT molecular complexity index is 1400. The maximum absolute atomic E-state index is 12.8. The fourth-order valence-electron chi connectivity index (χ4n) is 4.99. The summed E-state index contributed by atoms with van der Waals surface area (Å²) >= 11 is 12.4. The molecule has 1 saturated carbocycles. The SMILES string of the molecule is O=C(CCC1CCCCC1)c1ccc(-c2c3cc(Cl)c(=O)cc-3oc3cc(O)c(Cl)cc23)cc1. The molecule has 0 unspecified atom stereocenters. The van der Waals surface area contributed by atoms with Crippen molar-refractivity contribution in [2.24, 2.45) is 5.92 Å². The van der Waals surface area contributed by atoms with Crippen LogP contribution < -0.4 is 5.43 Å². The zero-order chi connectivity index (χ0) is 23.8. The van der Waals surface area contributed by atoms with Crippen molar-refractivity contribution in [3.05, 3.63) is 74.4 Å². The van der Waals surface area contributed by atoms with Crippen LogP contribution in [0.5, 0.6) is 5.75 Å². The third-order valence-corrected chi connectivity index (χ3v) is 7.44. The predicted molar refractivity (Wildman–Crippen MR) is 136 cm³/mol. The Morgan fingerprint density at radius 2 is 1.71 bits per heavy atom. The molecule has 1 N–H and O–H groups in total. The number of aromatic hydroxyl groups is 1. The summed E-state index contributed by atoms with van der Waals surface area (Å²) < 4.78 is 5.90. The lowest BCUT2D eigenvalue weighted by molar-refractivity contribution is 0.0970. The molecule has 1 fully saturated rings. The summed E-state index contributed by atoms with van der Waals surface area (Å²) in [5.74, 6) is 1.06. The Labute approximate surface area is 207 Å². The number of hydrogen-bond acceptors (Lipinski definition) is 4. The van der Waals surface area contributed by atoms with Crippen LogP contribution in [-0.2, 0) is 0 Å². The fourth-order valence-corrected chi connectivity index (χ4v) is 5.32. The van der Waals surface area contributed by atoms with Crippen molar-refractivity contribution < 1.29 is 14.3 Å². The van der Waals surface area contributed by atoms with E-state index in [1.54, 1.807) is 12.1 Å². The van der Waals surface area contributed by atoms with Gasteiger partial charge in [-0.1, -0.05) is 79.6 Å². The van der Waals surface area contributed by atoms with Crippen LogP contribution in [-0.4, -0.2) is 10.9 Å². The maximum atomic E-state index is 12.8. The van der Waals surface area contributed by atoms with E-state index in [1.807, 2.05) is 24.3 Å². The van der Waals surface area contributed by atoms with E-state index in [2.05, 4.69) is 0 Å². The van der Waals surface area contributed by atoms with Gasteiger partial charge in [0, 0.05) is 40.6 Å². The molecular weight excluding hydrogens is 471 g/mol. The van der Waals surface area contributed by atoms with Gasteiger partial charge < -0.3 is 9.52 Å². The molecule has 2 aromatic carbocycles. The smallest absolute Gasteiger partial charge is 0.200 e. The molecule has 1 aliphatic heterocycles. The highest BCUT2D eigenvalue weighted by Gasteiger charge is 2.21. The molecule has 0 amide bonds. The van der Waals surface area contributed by atoms with Gasteiger partial charge in [0.1, 0.15) is 17.1 Å². The Morgan fingerprint density at radius 3 is 2.44 bits per heavy atom. The lowest BCUT2D eigenvalue weighted by Gasteiger charge is -2.21. The van der Waals surface area contributed by atoms with Crippen molar-refractivity contribution in [1.29, 1.82) is 0 Å². The second-order valence-corrected chi connectivity index (χ2v) is 9.91. The topological polar surface area (TPSA) is 67.5 Å². The van der Waals surface area contributed by atoms with Crippen LogP contribution in [0.2, 0.25) is 10.0 Å². The highest BCUT2D eigenvalue weighted by molar-refractivity contribution is 6.33. The molecule has 0 spiro atoms. The molecule has 0 aromatic heterocycles. The molecule has 2 aliphatic carbocycles. The predicted octanol–water partition coefficient (Wildman–Crippen LogP) is 8.12. The molecule has 2 aromatic rings. The summed E-state index contributed by atoms with van der Waals surface area (Å²) in [6.45, 7) is 0. The number of rotatable bonds is 5. The van der Waals surface area contributed by atoms with Crippen LogP contribution in [0.4, 0.5) is 0 Å². The molecule has 3 aliphatic rings. The Hall–Kier alpha value is -2.82. The van der Waals surface area contributed by atoms with Crippen LogP contribution in [0.1, 0.15) is 55.3 Å². The van der Waals surface area contributed by atoms with Crippen molar-refractivity contribution in [2.75, 3.05) is 0 Å². The van der Waals surface area contributed by atoms with Gasteiger partial charge in [0.2, 0.25) is 5.43 Å². The van der Waals surface area contributed by atoms with Gasteiger partial charge in [-0.25, -0.2) is 0 Å². The quantitative estimate of drug-likeness (QED) is 0.224. The van der Waals surface area contributed by atoms with Crippen molar-refractivity contribution in [1.82, 2.24) is 0 Å². The minimum atomic E-state index is -0.347. The number of Topliss-reactive ketones (excluding diaryl/α,β-unsaturated/α-hetero) is 1. The van der Waals surface area contributed by atoms with E-state index in [0.29, 0.717) is 40.2 Å². The first-order valence-electron chi connectivity index (χ1n) is 11.6. The van der Waals surface area contributed by atoms with Gasteiger partial charge in [-0.3, -0.25) is 9.59 Å². The molecule has 0 radical (unpaired) electrons. The highest BCUT2D eigenvalue weighted by atomic mass is 35.5. The van der Waals surface area contributed by atoms with E-state index < -0.39 is 0 Å². The van der Waals surface area contributed by atoms with Crippen LogP contribution in [0.25, 0.3) is 33.4 Å². The Balaban J connectivity index is 1.54. The number of phenolic OH excluding ortho intramolecular Hbond substituents is 1. The molecule has 34 heavy (non-hydrogen) atoms. The first-order chi connectivity index (χ1) is 16.4. The van der Waals surface area contributed by atoms with Gasteiger partial charge in [-0.2, -0.15) is 0 Å². The largest absolute Gasteiger partial charge is 0.506 e. The second-order valence-electron chi connectivity index (χ2n) is 9.10. The molecule has 6 heteroatoms. The van der Waals surface area contributed by atoms with Gasteiger partial charge in [0.15, 0.2) is 5.78 Å². The van der Waals surface area contributed by atoms with Crippen molar-refractivity contribution >= 4 is 40.0 Å². The standard InChI is InChI=1S/C28H24Cl2O4/c29-21-12-19-26(14-24(21)32)34-27-15-25(33)22(30)13-20(27)28(19)18-9-7-17(8-10-18)23(31)11-6-16-4-2-1-3-5-16/h7-10,12-16,32H,1-6,11H2. The van der Waals surface area contributed by atoms with E-state index in [-0.39, 0.29) is 27.0 Å². The Morgan fingerprint density at radius 1 is 0.971 bits per heavy atom. The zero-order valence-corrected chi connectivity index (χ0v) is 20.1. The number of carbonyl (C=O) groups is 1. The number of benzene rings is 3. The normalized spacial score (nSPS) is 14.6. The molecule has 0 atom stereocenters. The maximum Gasteiger partial charge on any atom is 0.200 e. The van der Waals surface area contributed by atoms with Crippen LogP contribution in [0.15, 0.2) is 57.7 Å². The van der Waals surface area contributed by atoms with Gasteiger partial charge in [0.25, 0.3) is 0 Å². The van der Waals surface area contributed by atoms with Crippen LogP contribution in [0.3, 0.4) is 0 Å². The summed E-state index contributed by atoms with van der Waals surface area (Å²) in [5, 5.41) is 11.0. The third-order valence-electron chi connectivity index (χ3n) is 6.84. The summed E-state index contributed by atoms with van der Waals surface area (Å²) in [5.41, 5.74) is 2.96. The van der Waals surface area contributed by atoms with Gasteiger partial charge >= 0.3 is 0 Å². The first-order valence-corrected chi connectivity index (χ1v) is 12.4. The summed E-state index contributed by atoms with van der Waals surface area (Å²) in [4.78, 5) is 24.9. The summed E-state index contributed by atoms with van der Waals surface area (Å²) in [6.07, 6.45) is 7.85. The molecule has 174 valence electrons. The second kappa shape index (κ2) is 9.44. The van der Waals surface area contributed by atoms with E-state index in [9.17, 15) is 14.7 Å². The number of phenols is 1. The van der Waals surface area contributed by atoms with Gasteiger partial charge in [-0.15, -0.1) is 0 Å². The van der Waals surface area contributed by atoms with Crippen molar-refractivity contribution in [3.63, 3.8) is 0 Å². The molecule has 4 nitrogen and oxygen atoms in total. The molecule has 1 heterocycles. The summed E-state index contributed by atoms with van der Waals surface area (Å²) in [6, 6.07) is 13.5. The van der Waals surface area contributed by atoms with E-state index in [0.717, 1.165) is 17.5 Å². The number of halogens is 2. The third kappa shape index (κ3) is 4.45. The van der Waals surface area contributed by atoms with E-state index in [4.69, 9.17) is 27.6 Å². The van der Waals surface area contributed by atoms with Crippen molar-refractivity contribution in [2.45, 2.75) is 44.9 Å². The number of ketones is 1. The Kier molecular flexibility index (Phi) is 6.37. The number of hydrogen-bond donors (Lipinski definition) is 1. The summed E-state index contributed by atoms with van der Waals surface area (Å²) in [7, 11) is 0. The lowest BCUT2D eigenvalue weighted by atomic mass is 9.85. The fraction of sp³-hybridized carbons (Fsp3) is 0.286. The van der Waals surface area contributed by atoms with Gasteiger partial charge in [-0.05, 0) is 30.0 Å². The van der Waals surface area contributed by atoms with Crippen molar-refractivity contribution in [3.8, 4) is 28.2 Å². The lowest BCUT2D eigenvalue weighted by Crippen LogP contribution is -2.09. The van der Waals surface area contributed by atoms with E-state index >= 15 is 0 Å². The van der Waals surface area contributed by atoms with E-state index in [1.165, 1.54) is 44.2 Å². The minimum Gasteiger partial charge on any atom is -0.506 e. The average Bonchev–Trinajstić information content (AvgIpc) is 2.84. The van der Waals surface area contributed by atoms with Crippen LogP contribution in [0, 0.1) is 5.92 Å².